The van der Waals surface area contributed by atoms with Crippen LogP contribution in [-0.4, -0.2) is 0 Å². The SMILES string of the molecule is Cc1ccc(CNCc2ccc(C)cc2)cc1.Cl. The Kier molecular flexibility index (Phi) is 5.90. The van der Waals surface area contributed by atoms with Crippen molar-refractivity contribution in [2.75, 3.05) is 0 Å². The second-order valence-corrected chi connectivity index (χ2v) is 4.57. The van der Waals surface area contributed by atoms with Crippen LogP contribution in [0.5, 0.6) is 0 Å². The third-order valence-corrected chi connectivity index (χ3v) is 2.90. The van der Waals surface area contributed by atoms with Gasteiger partial charge in [0.15, 0.2) is 0 Å². The van der Waals surface area contributed by atoms with Gasteiger partial charge in [0.05, 0.1) is 0 Å². The molecular formula is C16H20ClN. The topological polar surface area (TPSA) is 12.0 Å². The number of halogens is 1. The van der Waals surface area contributed by atoms with E-state index in [0.717, 1.165) is 13.1 Å². The lowest BCUT2D eigenvalue weighted by Gasteiger charge is -2.06. The average molecular weight is 262 g/mol. The maximum atomic E-state index is 3.46. The lowest BCUT2D eigenvalue weighted by atomic mass is 10.1. The van der Waals surface area contributed by atoms with Crippen molar-refractivity contribution in [1.29, 1.82) is 0 Å². The summed E-state index contributed by atoms with van der Waals surface area (Å²) in [6.45, 7) is 6.08. The van der Waals surface area contributed by atoms with E-state index in [2.05, 4.69) is 67.7 Å². The molecule has 18 heavy (non-hydrogen) atoms. The molecule has 0 bridgehead atoms. The average Bonchev–Trinajstić information content (AvgIpc) is 2.34. The summed E-state index contributed by atoms with van der Waals surface area (Å²) in [5.74, 6) is 0. The van der Waals surface area contributed by atoms with Crippen LogP contribution in [0.3, 0.4) is 0 Å². The highest BCUT2D eigenvalue weighted by Gasteiger charge is 1.94. The lowest BCUT2D eigenvalue weighted by molar-refractivity contribution is 0.693. The zero-order valence-electron chi connectivity index (χ0n) is 10.9. The van der Waals surface area contributed by atoms with Crippen LogP contribution in [0, 0.1) is 13.8 Å². The monoisotopic (exact) mass is 261 g/mol. The Bertz CT molecular complexity index is 414. The van der Waals surface area contributed by atoms with Crippen molar-refractivity contribution in [2.45, 2.75) is 26.9 Å². The number of hydrogen-bond acceptors (Lipinski definition) is 1. The second-order valence-electron chi connectivity index (χ2n) is 4.57. The summed E-state index contributed by atoms with van der Waals surface area (Å²) in [6.07, 6.45) is 0. The van der Waals surface area contributed by atoms with Crippen molar-refractivity contribution < 1.29 is 0 Å². The molecule has 0 aliphatic heterocycles. The minimum absolute atomic E-state index is 0. The van der Waals surface area contributed by atoms with E-state index in [0.29, 0.717) is 0 Å². The predicted molar refractivity (Wildman–Crippen MR) is 80.1 cm³/mol. The number of rotatable bonds is 4. The molecule has 0 unspecified atom stereocenters. The van der Waals surface area contributed by atoms with Gasteiger partial charge < -0.3 is 5.32 Å². The van der Waals surface area contributed by atoms with Gasteiger partial charge in [-0.1, -0.05) is 59.7 Å². The first kappa shape index (κ1) is 14.7. The smallest absolute Gasteiger partial charge is 0.0208 e. The maximum Gasteiger partial charge on any atom is 0.0208 e. The maximum absolute atomic E-state index is 3.46. The highest BCUT2D eigenvalue weighted by molar-refractivity contribution is 5.85. The van der Waals surface area contributed by atoms with Crippen molar-refractivity contribution in [3.05, 3.63) is 70.8 Å². The van der Waals surface area contributed by atoms with E-state index in [9.17, 15) is 0 Å². The summed E-state index contributed by atoms with van der Waals surface area (Å²) in [6, 6.07) is 17.3. The Labute approximate surface area is 116 Å². The van der Waals surface area contributed by atoms with Gasteiger partial charge in [-0.15, -0.1) is 12.4 Å². The molecule has 0 amide bonds. The van der Waals surface area contributed by atoms with E-state index in [1.807, 2.05) is 0 Å². The standard InChI is InChI=1S/C16H19N.ClH/c1-13-3-7-15(8-4-13)11-17-12-16-9-5-14(2)6-10-16;/h3-10,17H,11-12H2,1-2H3;1H. The predicted octanol–water partition coefficient (Wildman–Crippen LogP) is 4.02. The van der Waals surface area contributed by atoms with E-state index in [-0.39, 0.29) is 12.4 Å². The van der Waals surface area contributed by atoms with Crippen LogP contribution in [-0.2, 0) is 13.1 Å². The zero-order chi connectivity index (χ0) is 12.1. The van der Waals surface area contributed by atoms with E-state index >= 15 is 0 Å². The van der Waals surface area contributed by atoms with Gasteiger partial charge >= 0.3 is 0 Å². The Hall–Kier alpha value is -1.31. The fraction of sp³-hybridized carbons (Fsp3) is 0.250. The molecule has 2 aromatic carbocycles. The molecule has 0 heterocycles. The molecule has 96 valence electrons. The molecule has 0 atom stereocenters. The Morgan fingerprint density at radius 2 is 1.00 bits per heavy atom. The normalized spacial score (nSPS) is 9.89. The van der Waals surface area contributed by atoms with Crippen LogP contribution < -0.4 is 5.32 Å². The minimum Gasteiger partial charge on any atom is -0.309 e. The number of aryl methyl sites for hydroxylation is 2. The molecule has 0 aliphatic rings. The first-order valence-corrected chi connectivity index (χ1v) is 6.06. The molecule has 0 aliphatic carbocycles. The molecule has 0 aromatic heterocycles. The van der Waals surface area contributed by atoms with Crippen LogP contribution in [0.1, 0.15) is 22.3 Å². The van der Waals surface area contributed by atoms with Gasteiger partial charge in [0, 0.05) is 13.1 Å². The lowest BCUT2D eigenvalue weighted by Crippen LogP contribution is -2.12. The summed E-state index contributed by atoms with van der Waals surface area (Å²) in [7, 11) is 0. The van der Waals surface area contributed by atoms with Crippen molar-refractivity contribution in [3.63, 3.8) is 0 Å². The first-order chi connectivity index (χ1) is 8.24. The summed E-state index contributed by atoms with van der Waals surface area (Å²) in [5, 5.41) is 3.46. The first-order valence-electron chi connectivity index (χ1n) is 6.06. The van der Waals surface area contributed by atoms with Crippen molar-refractivity contribution in [1.82, 2.24) is 5.32 Å². The molecule has 1 nitrogen and oxygen atoms in total. The van der Waals surface area contributed by atoms with Crippen LogP contribution in [0.4, 0.5) is 0 Å². The molecular weight excluding hydrogens is 242 g/mol. The fourth-order valence-electron chi connectivity index (χ4n) is 1.76. The number of nitrogens with one attached hydrogen (secondary N) is 1. The van der Waals surface area contributed by atoms with Crippen LogP contribution >= 0.6 is 12.4 Å². The molecule has 0 spiro atoms. The summed E-state index contributed by atoms with van der Waals surface area (Å²) >= 11 is 0. The molecule has 1 N–H and O–H groups in total. The minimum atomic E-state index is 0. The van der Waals surface area contributed by atoms with E-state index in [4.69, 9.17) is 0 Å². The largest absolute Gasteiger partial charge is 0.309 e. The van der Waals surface area contributed by atoms with Gasteiger partial charge in [0.25, 0.3) is 0 Å². The van der Waals surface area contributed by atoms with Gasteiger partial charge in [0.2, 0.25) is 0 Å². The zero-order valence-corrected chi connectivity index (χ0v) is 11.8. The molecule has 2 heteroatoms. The van der Waals surface area contributed by atoms with Crippen molar-refractivity contribution in [3.8, 4) is 0 Å². The summed E-state index contributed by atoms with van der Waals surface area (Å²) in [5.41, 5.74) is 5.30. The van der Waals surface area contributed by atoms with Crippen LogP contribution in [0.2, 0.25) is 0 Å². The molecule has 2 aromatic rings. The third-order valence-electron chi connectivity index (χ3n) is 2.90. The van der Waals surface area contributed by atoms with Gasteiger partial charge in [0.1, 0.15) is 0 Å². The molecule has 0 radical (unpaired) electrons. The van der Waals surface area contributed by atoms with E-state index < -0.39 is 0 Å². The Balaban J connectivity index is 0.00000162. The van der Waals surface area contributed by atoms with Gasteiger partial charge in [-0.3, -0.25) is 0 Å². The molecule has 2 rings (SSSR count). The second kappa shape index (κ2) is 7.20. The van der Waals surface area contributed by atoms with E-state index in [1.165, 1.54) is 22.3 Å². The number of hydrogen-bond donors (Lipinski definition) is 1. The van der Waals surface area contributed by atoms with Gasteiger partial charge in [-0.05, 0) is 25.0 Å². The number of benzene rings is 2. The van der Waals surface area contributed by atoms with E-state index in [1.54, 1.807) is 0 Å². The summed E-state index contributed by atoms with van der Waals surface area (Å²) in [4.78, 5) is 0. The highest BCUT2D eigenvalue weighted by Crippen LogP contribution is 2.05. The Morgan fingerprint density at radius 1 is 0.667 bits per heavy atom. The highest BCUT2D eigenvalue weighted by atomic mass is 35.5. The van der Waals surface area contributed by atoms with Gasteiger partial charge in [-0.2, -0.15) is 0 Å². The van der Waals surface area contributed by atoms with Gasteiger partial charge in [-0.25, -0.2) is 0 Å². The summed E-state index contributed by atoms with van der Waals surface area (Å²) < 4.78 is 0. The quantitative estimate of drug-likeness (QED) is 0.877. The van der Waals surface area contributed by atoms with Crippen LogP contribution in [0.25, 0.3) is 0 Å². The third kappa shape index (κ3) is 4.52. The molecule has 0 fully saturated rings. The van der Waals surface area contributed by atoms with Crippen LogP contribution in [0.15, 0.2) is 48.5 Å². The molecule has 0 saturated carbocycles. The van der Waals surface area contributed by atoms with Crippen molar-refractivity contribution >= 4 is 12.4 Å². The fourth-order valence-corrected chi connectivity index (χ4v) is 1.76. The molecule has 0 saturated heterocycles. The van der Waals surface area contributed by atoms with Crippen molar-refractivity contribution in [2.24, 2.45) is 0 Å². The Morgan fingerprint density at radius 3 is 1.33 bits per heavy atom.